The van der Waals surface area contributed by atoms with Gasteiger partial charge in [0.2, 0.25) is 15.9 Å². The Balaban J connectivity index is 1.56. The van der Waals surface area contributed by atoms with Crippen LogP contribution in [0.1, 0.15) is 44.0 Å². The van der Waals surface area contributed by atoms with E-state index in [9.17, 15) is 28.2 Å². The average molecular weight is 672 g/mol. The number of hydrogen-bond donors (Lipinski definition) is 3. The number of sulfonamides is 1. The summed E-state index contributed by atoms with van der Waals surface area (Å²) >= 11 is 1.52. The molecule has 3 N–H and O–H groups in total. The number of urea groups is 1. The zero-order valence-corrected chi connectivity index (χ0v) is 28.7. The minimum absolute atomic E-state index is 0.00780. The predicted octanol–water partition coefficient (Wildman–Crippen LogP) is 3.85. The Bertz CT molecular complexity index is 1560. The number of amides is 3. The summed E-state index contributed by atoms with van der Waals surface area (Å²) in [7, 11) is -4.04. The number of hydrogen-bond acceptors (Lipinski definition) is 8. The zero-order chi connectivity index (χ0) is 33.6. The third-order valence-electron chi connectivity index (χ3n) is 7.91. The number of aliphatic hydroxyl groups excluding tert-OH is 1. The first-order chi connectivity index (χ1) is 21.8. The van der Waals surface area contributed by atoms with E-state index in [2.05, 4.69) is 10.3 Å². The van der Waals surface area contributed by atoms with Gasteiger partial charge in [-0.15, -0.1) is 11.3 Å². The normalized spacial score (nSPS) is 16.0. The number of rotatable bonds is 15. The summed E-state index contributed by atoms with van der Waals surface area (Å²) in [6, 6.07) is 12.7. The second kappa shape index (κ2) is 15.4. The van der Waals surface area contributed by atoms with Gasteiger partial charge in [0.15, 0.2) is 0 Å². The molecule has 1 fully saturated rings. The van der Waals surface area contributed by atoms with Gasteiger partial charge < -0.3 is 25.3 Å². The minimum Gasteiger partial charge on any atom is -0.508 e. The van der Waals surface area contributed by atoms with Crippen molar-refractivity contribution in [1.82, 2.24) is 24.4 Å². The maximum Gasteiger partial charge on any atom is 0.321 e. The molecule has 1 saturated heterocycles. The van der Waals surface area contributed by atoms with Gasteiger partial charge in [-0.05, 0) is 55.0 Å². The van der Waals surface area contributed by atoms with Gasteiger partial charge in [0.1, 0.15) is 11.8 Å². The molecule has 3 amide bonds. The second-order valence-electron chi connectivity index (χ2n) is 12.5. The molecular weight excluding hydrogens is 627 g/mol. The summed E-state index contributed by atoms with van der Waals surface area (Å²) in [6.45, 7) is 10.5. The Labute approximate surface area is 275 Å². The van der Waals surface area contributed by atoms with Gasteiger partial charge in [0, 0.05) is 31.6 Å². The molecule has 46 heavy (non-hydrogen) atoms. The van der Waals surface area contributed by atoms with E-state index in [1.165, 1.54) is 39.9 Å². The van der Waals surface area contributed by atoms with Crippen molar-refractivity contribution in [1.29, 1.82) is 0 Å². The Kier molecular flexibility index (Phi) is 11.8. The Hall–Kier alpha value is -3.52. The quantitative estimate of drug-likeness (QED) is 0.223. The van der Waals surface area contributed by atoms with E-state index in [-0.39, 0.29) is 48.0 Å². The number of phenolic OH excluding ortho intramolecular Hbond substituents is 1. The summed E-state index contributed by atoms with van der Waals surface area (Å²) in [6.07, 6.45) is -1.03. The monoisotopic (exact) mass is 671 g/mol. The summed E-state index contributed by atoms with van der Waals surface area (Å²) in [5.74, 6) is -0.750. The predicted molar refractivity (Wildman–Crippen MR) is 178 cm³/mol. The van der Waals surface area contributed by atoms with Gasteiger partial charge >= 0.3 is 6.03 Å². The molecule has 0 radical (unpaired) electrons. The van der Waals surface area contributed by atoms with E-state index in [1.54, 1.807) is 9.80 Å². The molecular formula is C33H45N5O6S2. The molecule has 0 saturated carbocycles. The molecule has 3 atom stereocenters. The van der Waals surface area contributed by atoms with E-state index in [0.29, 0.717) is 19.6 Å². The molecule has 1 aliphatic rings. The highest BCUT2D eigenvalue weighted by Gasteiger charge is 2.40. The fourth-order valence-corrected chi connectivity index (χ4v) is 7.91. The number of carbonyl (C=O) groups excluding carboxylic acids is 2. The van der Waals surface area contributed by atoms with E-state index in [1.807, 2.05) is 70.3 Å². The highest BCUT2D eigenvalue weighted by molar-refractivity contribution is 7.89. The number of benzene rings is 2. The first kappa shape index (κ1) is 35.3. The van der Waals surface area contributed by atoms with E-state index in [4.69, 9.17) is 0 Å². The standard InChI is InChI=1S/C33H45N5O6S2/c1-22(2)18-37(46(43,44)28-13-11-27(39)12-14-28)20-30(40)29(17-25-9-7-6-8-10-25)35-32(41)31(23(3)4)38-16-15-36(33(38)42)19-26-21-45-24(5)34-26/h6-14,21-23,29-31,39-40H,15-20H2,1-5H3,(H,35,41)/t29-,30-,31?/m1/s1. The number of aryl methyl sites for hydroxylation is 1. The molecule has 11 nitrogen and oxygen atoms in total. The van der Waals surface area contributed by atoms with Gasteiger partial charge in [-0.25, -0.2) is 18.2 Å². The van der Waals surface area contributed by atoms with Crippen LogP contribution in [0.15, 0.2) is 64.9 Å². The molecule has 1 aliphatic heterocycles. The number of aromatic hydroxyl groups is 1. The van der Waals surface area contributed by atoms with Crippen molar-refractivity contribution in [2.75, 3.05) is 26.2 Å². The van der Waals surface area contributed by atoms with Crippen molar-refractivity contribution < 1.29 is 28.2 Å². The van der Waals surface area contributed by atoms with Crippen LogP contribution in [0, 0.1) is 18.8 Å². The van der Waals surface area contributed by atoms with Crippen LogP contribution in [0.4, 0.5) is 4.79 Å². The Morgan fingerprint density at radius 1 is 1.04 bits per heavy atom. The first-order valence-electron chi connectivity index (χ1n) is 15.5. The molecule has 4 rings (SSSR count). The molecule has 1 unspecified atom stereocenters. The van der Waals surface area contributed by atoms with E-state index < -0.39 is 34.1 Å². The number of nitrogens with one attached hydrogen (secondary N) is 1. The van der Waals surface area contributed by atoms with Crippen LogP contribution >= 0.6 is 11.3 Å². The van der Waals surface area contributed by atoms with Crippen molar-refractivity contribution >= 4 is 33.3 Å². The summed E-state index contributed by atoms with van der Waals surface area (Å²) in [5.41, 5.74) is 1.66. The number of aliphatic hydroxyl groups is 1. The Morgan fingerprint density at radius 3 is 2.30 bits per heavy atom. The van der Waals surface area contributed by atoms with Crippen molar-refractivity contribution in [3.05, 3.63) is 76.2 Å². The number of carbonyl (C=O) groups is 2. The number of nitrogens with zero attached hydrogens (tertiary/aromatic N) is 4. The molecule has 1 aromatic heterocycles. The van der Waals surface area contributed by atoms with Crippen LogP contribution in [0.3, 0.4) is 0 Å². The van der Waals surface area contributed by atoms with Crippen molar-refractivity contribution in [3.8, 4) is 5.75 Å². The molecule has 2 heterocycles. The summed E-state index contributed by atoms with van der Waals surface area (Å²) in [4.78, 5) is 35.2. The van der Waals surface area contributed by atoms with Gasteiger partial charge in [-0.3, -0.25) is 4.79 Å². The highest BCUT2D eigenvalue weighted by Crippen LogP contribution is 2.24. The fraction of sp³-hybridized carbons (Fsp3) is 0.485. The van der Waals surface area contributed by atoms with Crippen LogP contribution in [0.2, 0.25) is 0 Å². The fourth-order valence-electron chi connectivity index (χ4n) is 5.69. The van der Waals surface area contributed by atoms with Gasteiger partial charge in [-0.2, -0.15) is 4.31 Å². The third-order valence-corrected chi connectivity index (χ3v) is 10.6. The van der Waals surface area contributed by atoms with Crippen LogP contribution in [-0.2, 0) is 27.8 Å². The molecule has 0 spiro atoms. The maximum absolute atomic E-state index is 14.0. The topological polar surface area (TPSA) is 143 Å². The van der Waals surface area contributed by atoms with Gasteiger partial charge in [-0.1, -0.05) is 58.0 Å². The van der Waals surface area contributed by atoms with Crippen LogP contribution in [-0.4, -0.2) is 94.0 Å². The van der Waals surface area contributed by atoms with Crippen molar-refractivity contribution in [3.63, 3.8) is 0 Å². The molecule has 0 bridgehead atoms. The summed E-state index contributed by atoms with van der Waals surface area (Å²) < 4.78 is 28.6. The molecule has 13 heteroatoms. The summed E-state index contributed by atoms with van der Waals surface area (Å²) in [5, 5.41) is 27.2. The first-order valence-corrected chi connectivity index (χ1v) is 17.9. The number of phenols is 1. The van der Waals surface area contributed by atoms with Crippen LogP contribution in [0.25, 0.3) is 0 Å². The number of aromatic nitrogens is 1. The lowest BCUT2D eigenvalue weighted by molar-refractivity contribution is -0.128. The largest absolute Gasteiger partial charge is 0.508 e. The molecule has 3 aromatic rings. The van der Waals surface area contributed by atoms with Crippen LogP contribution in [0.5, 0.6) is 5.75 Å². The SMILES string of the molecule is Cc1nc(CN2CCN(C(C(=O)N[C@H](Cc3ccccc3)[C@H](O)CN(CC(C)C)S(=O)(=O)c3ccc(O)cc3)C(C)C)C2=O)cs1. The molecule has 0 aliphatic carbocycles. The highest BCUT2D eigenvalue weighted by atomic mass is 32.2. The smallest absolute Gasteiger partial charge is 0.321 e. The van der Waals surface area contributed by atoms with Crippen molar-refractivity contribution in [2.24, 2.45) is 11.8 Å². The molecule has 250 valence electrons. The third kappa shape index (κ3) is 8.84. The van der Waals surface area contributed by atoms with Crippen LogP contribution < -0.4 is 5.32 Å². The minimum atomic E-state index is -4.04. The maximum atomic E-state index is 14.0. The van der Waals surface area contributed by atoms with E-state index >= 15 is 0 Å². The second-order valence-corrected chi connectivity index (χ2v) is 15.5. The lowest BCUT2D eigenvalue weighted by atomic mass is 9.97. The Morgan fingerprint density at radius 2 is 1.72 bits per heavy atom. The zero-order valence-electron chi connectivity index (χ0n) is 27.0. The van der Waals surface area contributed by atoms with Gasteiger partial charge in [0.05, 0.1) is 34.3 Å². The lowest BCUT2D eigenvalue weighted by Gasteiger charge is -2.34. The molecule has 2 aromatic carbocycles. The van der Waals surface area contributed by atoms with Gasteiger partial charge in [0.25, 0.3) is 0 Å². The van der Waals surface area contributed by atoms with Crippen molar-refractivity contribution in [2.45, 2.75) is 70.7 Å². The van der Waals surface area contributed by atoms with E-state index in [0.717, 1.165) is 16.3 Å². The number of thiazole rings is 1. The lowest BCUT2D eigenvalue weighted by Crippen LogP contribution is -2.57. The average Bonchev–Trinajstić information content (AvgIpc) is 3.57.